The van der Waals surface area contributed by atoms with Crippen molar-refractivity contribution in [3.63, 3.8) is 0 Å². The van der Waals surface area contributed by atoms with Gasteiger partial charge in [-0.05, 0) is 42.0 Å². The van der Waals surface area contributed by atoms with Crippen molar-refractivity contribution in [2.45, 2.75) is 17.8 Å². The van der Waals surface area contributed by atoms with Gasteiger partial charge in [-0.2, -0.15) is 0 Å². The molecule has 0 bridgehead atoms. The zero-order valence-electron chi connectivity index (χ0n) is 13.7. The number of fused-ring (bicyclic) bond motifs is 1. The monoisotopic (exact) mass is 426 g/mol. The minimum atomic E-state index is -3.05. The van der Waals surface area contributed by atoms with Crippen molar-refractivity contribution in [1.29, 1.82) is 0 Å². The second-order valence-electron chi connectivity index (χ2n) is 6.39. The topological polar surface area (TPSA) is 49.7 Å². The molecule has 0 aliphatic carbocycles. The van der Waals surface area contributed by atoms with Crippen molar-refractivity contribution in [1.82, 2.24) is 0 Å². The maximum atomic E-state index is 12.1. The van der Waals surface area contributed by atoms with Crippen LogP contribution in [0.25, 0.3) is 0 Å². The SMILES string of the molecule is O=S1(=O)C[C@@H]2N=C(SCc3cccc(Cl)c3)N(c3ccc(Cl)cc3)[C@@H]2C1. The largest absolute Gasteiger partial charge is 0.315 e. The van der Waals surface area contributed by atoms with Gasteiger partial charge in [0.1, 0.15) is 0 Å². The van der Waals surface area contributed by atoms with Gasteiger partial charge in [0.05, 0.1) is 23.6 Å². The summed E-state index contributed by atoms with van der Waals surface area (Å²) in [7, 11) is -3.05. The Bertz CT molecular complexity index is 961. The third-order valence-electron chi connectivity index (χ3n) is 4.47. The summed E-state index contributed by atoms with van der Waals surface area (Å²) in [6.07, 6.45) is 0. The quantitative estimate of drug-likeness (QED) is 0.734. The Labute approximate surface area is 167 Å². The van der Waals surface area contributed by atoms with Crippen LogP contribution in [-0.2, 0) is 15.6 Å². The molecule has 1 fully saturated rings. The standard InChI is InChI=1S/C18H16Cl2N2O2S2/c19-13-4-6-15(7-5-13)22-17-11-26(23,24)10-16(17)21-18(22)25-9-12-2-1-3-14(20)8-12/h1-8,16-17H,9-11H2/t16-,17+/m0/s1. The molecular formula is C18H16Cl2N2O2S2. The predicted molar refractivity (Wildman–Crippen MR) is 110 cm³/mol. The normalized spacial score (nSPS) is 23.8. The van der Waals surface area contributed by atoms with Crippen molar-refractivity contribution >= 4 is 55.7 Å². The van der Waals surface area contributed by atoms with Crippen LogP contribution in [-0.4, -0.2) is 37.2 Å². The molecule has 0 radical (unpaired) electrons. The maximum absolute atomic E-state index is 12.1. The van der Waals surface area contributed by atoms with Gasteiger partial charge in [0.25, 0.3) is 0 Å². The van der Waals surface area contributed by atoms with Crippen LogP contribution < -0.4 is 4.90 Å². The first-order chi connectivity index (χ1) is 12.4. The highest BCUT2D eigenvalue weighted by Gasteiger charge is 2.47. The van der Waals surface area contributed by atoms with Gasteiger partial charge in [0.2, 0.25) is 0 Å². The first-order valence-electron chi connectivity index (χ1n) is 8.11. The van der Waals surface area contributed by atoms with Crippen LogP contribution >= 0.6 is 35.0 Å². The van der Waals surface area contributed by atoms with Gasteiger partial charge in [-0.3, -0.25) is 4.99 Å². The minimum Gasteiger partial charge on any atom is -0.315 e. The summed E-state index contributed by atoms with van der Waals surface area (Å²) in [5.41, 5.74) is 2.02. The number of rotatable bonds is 3. The Balaban J connectivity index is 1.61. The van der Waals surface area contributed by atoms with E-state index in [9.17, 15) is 8.42 Å². The van der Waals surface area contributed by atoms with E-state index in [-0.39, 0.29) is 23.6 Å². The van der Waals surface area contributed by atoms with Crippen molar-refractivity contribution in [3.8, 4) is 0 Å². The Hall–Kier alpha value is -1.21. The number of sulfone groups is 1. The lowest BCUT2D eigenvalue weighted by atomic mass is 10.1. The molecule has 2 aromatic rings. The highest BCUT2D eigenvalue weighted by atomic mass is 35.5. The molecule has 2 atom stereocenters. The molecule has 0 spiro atoms. The summed E-state index contributed by atoms with van der Waals surface area (Å²) in [5.74, 6) is 0.962. The molecule has 4 rings (SSSR count). The van der Waals surface area contributed by atoms with E-state index in [0.29, 0.717) is 10.0 Å². The number of benzene rings is 2. The molecule has 0 amide bonds. The van der Waals surface area contributed by atoms with E-state index >= 15 is 0 Å². The summed E-state index contributed by atoms with van der Waals surface area (Å²) >= 11 is 13.7. The zero-order chi connectivity index (χ0) is 18.3. The molecule has 0 saturated carbocycles. The van der Waals surface area contributed by atoms with E-state index in [2.05, 4.69) is 0 Å². The number of hydrogen-bond acceptors (Lipinski definition) is 5. The summed E-state index contributed by atoms with van der Waals surface area (Å²) in [5, 5.41) is 2.19. The number of nitrogens with zero attached hydrogens (tertiary/aromatic N) is 2. The van der Waals surface area contributed by atoms with Gasteiger partial charge < -0.3 is 4.90 Å². The first kappa shape index (κ1) is 18.2. The van der Waals surface area contributed by atoms with Crippen LogP contribution in [0.3, 0.4) is 0 Å². The lowest BCUT2D eigenvalue weighted by molar-refractivity contribution is 0.601. The highest BCUT2D eigenvalue weighted by molar-refractivity contribution is 8.13. The Morgan fingerprint density at radius 2 is 1.85 bits per heavy atom. The van der Waals surface area contributed by atoms with E-state index < -0.39 is 9.84 Å². The molecule has 4 nitrogen and oxygen atoms in total. The van der Waals surface area contributed by atoms with Crippen LogP contribution in [0.4, 0.5) is 5.69 Å². The maximum Gasteiger partial charge on any atom is 0.164 e. The van der Waals surface area contributed by atoms with Gasteiger partial charge in [-0.25, -0.2) is 8.42 Å². The Morgan fingerprint density at radius 1 is 1.08 bits per heavy atom. The molecule has 2 aromatic carbocycles. The van der Waals surface area contributed by atoms with Crippen molar-refractivity contribution in [2.75, 3.05) is 16.4 Å². The smallest absolute Gasteiger partial charge is 0.164 e. The third kappa shape index (κ3) is 3.74. The predicted octanol–water partition coefficient (Wildman–Crippen LogP) is 4.27. The summed E-state index contributed by atoms with van der Waals surface area (Å²) in [4.78, 5) is 6.77. The summed E-state index contributed by atoms with van der Waals surface area (Å²) in [6, 6.07) is 14.8. The van der Waals surface area contributed by atoms with Gasteiger partial charge in [-0.1, -0.05) is 47.1 Å². The van der Waals surface area contributed by atoms with Crippen LogP contribution in [0.15, 0.2) is 53.5 Å². The van der Waals surface area contributed by atoms with Crippen molar-refractivity contribution < 1.29 is 8.42 Å². The van der Waals surface area contributed by atoms with Crippen LogP contribution in [0.5, 0.6) is 0 Å². The van der Waals surface area contributed by atoms with E-state index in [0.717, 1.165) is 22.2 Å². The van der Waals surface area contributed by atoms with Gasteiger partial charge in [0.15, 0.2) is 15.0 Å². The first-order valence-corrected chi connectivity index (χ1v) is 11.7. The van der Waals surface area contributed by atoms with E-state index in [1.54, 1.807) is 11.8 Å². The number of amidine groups is 1. The van der Waals surface area contributed by atoms with E-state index in [4.69, 9.17) is 28.2 Å². The molecule has 2 aliphatic heterocycles. The van der Waals surface area contributed by atoms with Crippen molar-refractivity contribution in [2.24, 2.45) is 4.99 Å². The molecular weight excluding hydrogens is 411 g/mol. The molecule has 26 heavy (non-hydrogen) atoms. The molecule has 136 valence electrons. The second-order valence-corrected chi connectivity index (χ2v) is 10.4. The lowest BCUT2D eigenvalue weighted by Gasteiger charge is -2.26. The molecule has 2 aliphatic rings. The molecule has 8 heteroatoms. The fraction of sp³-hybridized carbons (Fsp3) is 0.278. The highest BCUT2D eigenvalue weighted by Crippen LogP contribution is 2.36. The average molecular weight is 427 g/mol. The van der Waals surface area contributed by atoms with Gasteiger partial charge in [0, 0.05) is 21.5 Å². The average Bonchev–Trinajstić information content (AvgIpc) is 3.05. The number of halogens is 2. The van der Waals surface area contributed by atoms with Crippen molar-refractivity contribution in [3.05, 3.63) is 64.1 Å². The molecule has 0 N–H and O–H groups in total. The minimum absolute atomic E-state index is 0.114. The number of thioether (sulfide) groups is 1. The summed E-state index contributed by atoms with van der Waals surface area (Å²) < 4.78 is 24.1. The van der Waals surface area contributed by atoms with Gasteiger partial charge in [-0.15, -0.1) is 0 Å². The van der Waals surface area contributed by atoms with Crippen LogP contribution in [0.2, 0.25) is 10.0 Å². The molecule has 2 heterocycles. The number of aliphatic imine (C=N–C) groups is 1. The van der Waals surface area contributed by atoms with Crippen LogP contribution in [0, 0.1) is 0 Å². The summed E-state index contributed by atoms with van der Waals surface area (Å²) in [6.45, 7) is 0. The molecule has 0 aromatic heterocycles. The van der Waals surface area contributed by atoms with E-state index in [1.807, 2.05) is 53.4 Å². The Morgan fingerprint density at radius 3 is 2.58 bits per heavy atom. The molecule has 1 saturated heterocycles. The Kier molecular flexibility index (Phi) is 4.94. The van der Waals surface area contributed by atoms with Crippen LogP contribution in [0.1, 0.15) is 5.56 Å². The van der Waals surface area contributed by atoms with E-state index in [1.165, 1.54) is 0 Å². The van der Waals surface area contributed by atoms with Gasteiger partial charge >= 0.3 is 0 Å². The fourth-order valence-electron chi connectivity index (χ4n) is 3.31. The third-order valence-corrected chi connectivity index (χ3v) is 7.69. The second kappa shape index (κ2) is 7.08. The molecule has 0 unspecified atom stereocenters. The lowest BCUT2D eigenvalue weighted by Crippen LogP contribution is -2.39. The number of anilines is 1. The zero-order valence-corrected chi connectivity index (χ0v) is 16.8. The fourth-order valence-corrected chi connectivity index (χ4v) is 6.56. The number of hydrogen-bond donors (Lipinski definition) is 0.